The van der Waals surface area contributed by atoms with Crippen molar-refractivity contribution >= 4 is 17.1 Å². The molecule has 4 nitrogen and oxygen atoms in total. The molecule has 33 heavy (non-hydrogen) atoms. The van der Waals surface area contributed by atoms with Crippen LogP contribution in [0.3, 0.4) is 0 Å². The van der Waals surface area contributed by atoms with Crippen molar-refractivity contribution in [2.75, 3.05) is 55.0 Å². The third kappa shape index (κ3) is 4.39. The highest BCUT2D eigenvalue weighted by Crippen LogP contribution is 2.49. The molecule has 0 unspecified atom stereocenters. The Morgan fingerprint density at radius 3 is 1.42 bits per heavy atom. The number of anilines is 3. The second-order valence-corrected chi connectivity index (χ2v) is 8.81. The van der Waals surface area contributed by atoms with Crippen molar-refractivity contribution in [2.45, 2.75) is 33.6 Å². The number of nitrogens with zero attached hydrogens (tertiary/aromatic N) is 3. The highest BCUT2D eigenvalue weighted by molar-refractivity contribution is 5.66. The van der Waals surface area contributed by atoms with Crippen molar-refractivity contribution in [3.05, 3.63) is 77.4 Å². The predicted molar refractivity (Wildman–Crippen MR) is 142 cm³/mol. The molecule has 0 aliphatic carbocycles. The Bertz CT molecular complexity index is 1020. The average molecular weight is 444 g/mol. The molecule has 1 heterocycles. The van der Waals surface area contributed by atoms with Gasteiger partial charge in [-0.1, -0.05) is 24.3 Å². The van der Waals surface area contributed by atoms with Gasteiger partial charge in [0.25, 0.3) is 0 Å². The molecule has 0 N–H and O–H groups in total. The van der Waals surface area contributed by atoms with Gasteiger partial charge in [-0.15, -0.1) is 0 Å². The monoisotopic (exact) mass is 443 g/mol. The SMILES string of the molecule is CCN(CC)c1ccc2c(c1)Oc1cc(N(CC)CC)ccc1C2c1ccc(N(C)C)cc1. The molecule has 3 aromatic rings. The molecule has 0 aromatic heterocycles. The van der Waals surface area contributed by atoms with Crippen LogP contribution in [0.4, 0.5) is 17.1 Å². The van der Waals surface area contributed by atoms with Crippen molar-refractivity contribution in [3.63, 3.8) is 0 Å². The van der Waals surface area contributed by atoms with Crippen LogP contribution in [0, 0.1) is 0 Å². The van der Waals surface area contributed by atoms with E-state index in [1.807, 2.05) is 0 Å². The lowest BCUT2D eigenvalue weighted by molar-refractivity contribution is 0.453. The van der Waals surface area contributed by atoms with Crippen LogP contribution in [0.15, 0.2) is 60.7 Å². The van der Waals surface area contributed by atoms with Gasteiger partial charge in [-0.05, 0) is 57.5 Å². The summed E-state index contributed by atoms with van der Waals surface area (Å²) in [4.78, 5) is 6.88. The van der Waals surface area contributed by atoms with Crippen molar-refractivity contribution in [2.24, 2.45) is 0 Å². The molecule has 0 atom stereocenters. The summed E-state index contributed by atoms with van der Waals surface area (Å²) in [5.41, 5.74) is 7.38. The zero-order valence-electron chi connectivity index (χ0n) is 20.9. The third-order valence-electron chi connectivity index (χ3n) is 6.84. The predicted octanol–water partition coefficient (Wildman–Crippen LogP) is 6.73. The van der Waals surface area contributed by atoms with Gasteiger partial charge in [-0.3, -0.25) is 0 Å². The Kier molecular flexibility index (Phi) is 6.83. The summed E-state index contributed by atoms with van der Waals surface area (Å²) in [5.74, 6) is 2.08. The van der Waals surface area contributed by atoms with Gasteiger partial charge in [0.1, 0.15) is 11.5 Å². The van der Waals surface area contributed by atoms with E-state index in [0.717, 1.165) is 37.7 Å². The van der Waals surface area contributed by atoms with Crippen molar-refractivity contribution in [3.8, 4) is 11.5 Å². The molecule has 1 aliphatic heterocycles. The van der Waals surface area contributed by atoms with Crippen LogP contribution in [-0.4, -0.2) is 40.3 Å². The number of rotatable bonds is 8. The topological polar surface area (TPSA) is 19.0 Å². The first kappa shape index (κ1) is 23.0. The van der Waals surface area contributed by atoms with Gasteiger partial charge < -0.3 is 19.4 Å². The molecule has 174 valence electrons. The lowest BCUT2D eigenvalue weighted by Crippen LogP contribution is -2.23. The summed E-state index contributed by atoms with van der Waals surface area (Å²) in [6.45, 7) is 12.7. The maximum absolute atomic E-state index is 6.59. The number of ether oxygens (including phenoxy) is 1. The Labute approximate surface area is 199 Å². The minimum atomic E-state index is 0.150. The maximum atomic E-state index is 6.59. The third-order valence-corrected chi connectivity index (χ3v) is 6.84. The van der Waals surface area contributed by atoms with E-state index in [1.165, 1.54) is 33.8 Å². The van der Waals surface area contributed by atoms with E-state index in [1.54, 1.807) is 0 Å². The fraction of sp³-hybridized carbons (Fsp3) is 0.379. The zero-order valence-corrected chi connectivity index (χ0v) is 20.9. The number of benzene rings is 3. The molecule has 0 radical (unpaired) electrons. The molecule has 4 heteroatoms. The maximum Gasteiger partial charge on any atom is 0.133 e. The number of hydrogen-bond donors (Lipinski definition) is 0. The largest absolute Gasteiger partial charge is 0.457 e. The summed E-state index contributed by atoms with van der Waals surface area (Å²) in [7, 11) is 4.16. The Morgan fingerprint density at radius 1 is 0.606 bits per heavy atom. The van der Waals surface area contributed by atoms with E-state index in [0.29, 0.717) is 0 Å². The summed E-state index contributed by atoms with van der Waals surface area (Å²) < 4.78 is 6.59. The average Bonchev–Trinajstić information content (AvgIpc) is 2.84. The molecule has 3 aromatic carbocycles. The van der Waals surface area contributed by atoms with Crippen LogP contribution in [0.25, 0.3) is 0 Å². The van der Waals surface area contributed by atoms with Crippen molar-refractivity contribution in [1.29, 1.82) is 0 Å². The minimum absolute atomic E-state index is 0.150. The Morgan fingerprint density at radius 2 is 1.03 bits per heavy atom. The molecule has 0 bridgehead atoms. The van der Waals surface area contributed by atoms with Gasteiger partial charge in [0.2, 0.25) is 0 Å². The highest BCUT2D eigenvalue weighted by atomic mass is 16.5. The van der Waals surface area contributed by atoms with E-state index in [9.17, 15) is 0 Å². The van der Waals surface area contributed by atoms with E-state index in [4.69, 9.17) is 4.74 Å². The second-order valence-electron chi connectivity index (χ2n) is 8.81. The zero-order chi connectivity index (χ0) is 23.5. The molecule has 0 fully saturated rings. The Hall–Kier alpha value is -3.14. The minimum Gasteiger partial charge on any atom is -0.457 e. The first-order valence-electron chi connectivity index (χ1n) is 12.2. The molecule has 0 amide bonds. The lowest BCUT2D eigenvalue weighted by Gasteiger charge is -2.32. The van der Waals surface area contributed by atoms with E-state index in [-0.39, 0.29) is 5.92 Å². The van der Waals surface area contributed by atoms with Crippen LogP contribution < -0.4 is 19.4 Å². The van der Waals surface area contributed by atoms with Gasteiger partial charge in [-0.25, -0.2) is 0 Å². The summed E-state index contributed by atoms with van der Waals surface area (Å²) in [5, 5.41) is 0. The second kappa shape index (κ2) is 9.78. The molecule has 0 saturated heterocycles. The van der Waals surface area contributed by atoms with Gasteiger partial charge >= 0.3 is 0 Å². The van der Waals surface area contributed by atoms with Crippen LogP contribution in [-0.2, 0) is 0 Å². The number of hydrogen-bond acceptors (Lipinski definition) is 4. The van der Waals surface area contributed by atoms with Crippen LogP contribution in [0.2, 0.25) is 0 Å². The van der Waals surface area contributed by atoms with Crippen LogP contribution in [0.5, 0.6) is 11.5 Å². The number of fused-ring (bicyclic) bond motifs is 2. The molecule has 0 saturated carbocycles. The van der Waals surface area contributed by atoms with Gasteiger partial charge in [-0.2, -0.15) is 0 Å². The quantitative estimate of drug-likeness (QED) is 0.300. The highest BCUT2D eigenvalue weighted by Gasteiger charge is 2.30. The fourth-order valence-electron chi connectivity index (χ4n) is 4.88. The van der Waals surface area contributed by atoms with Gasteiger partial charge in [0, 0.05) is 86.5 Å². The van der Waals surface area contributed by atoms with Crippen molar-refractivity contribution < 1.29 is 4.74 Å². The lowest BCUT2D eigenvalue weighted by atomic mass is 9.82. The van der Waals surface area contributed by atoms with E-state index >= 15 is 0 Å². The Balaban J connectivity index is 1.84. The van der Waals surface area contributed by atoms with E-state index in [2.05, 4.69) is 117 Å². The van der Waals surface area contributed by atoms with Gasteiger partial charge in [0.15, 0.2) is 0 Å². The molecular formula is C29H37N3O. The molecule has 1 aliphatic rings. The van der Waals surface area contributed by atoms with Gasteiger partial charge in [0.05, 0.1) is 0 Å². The normalized spacial score (nSPS) is 12.5. The first-order valence-corrected chi connectivity index (χ1v) is 12.2. The first-order chi connectivity index (χ1) is 16.0. The smallest absolute Gasteiger partial charge is 0.133 e. The molecule has 4 rings (SSSR count). The molecule has 0 spiro atoms. The standard InChI is InChI=1S/C29H37N3O/c1-7-31(8-2)23-15-17-25-27(19-23)33-28-20-24(32(9-3)10-4)16-18-26(28)29(25)21-11-13-22(14-12-21)30(5)6/h11-20,29H,7-10H2,1-6H3. The summed E-state index contributed by atoms with van der Waals surface area (Å²) in [6, 6.07) is 22.4. The summed E-state index contributed by atoms with van der Waals surface area (Å²) in [6.07, 6.45) is 0. The summed E-state index contributed by atoms with van der Waals surface area (Å²) >= 11 is 0. The van der Waals surface area contributed by atoms with Crippen LogP contribution in [0.1, 0.15) is 50.3 Å². The van der Waals surface area contributed by atoms with E-state index < -0.39 is 0 Å². The fourth-order valence-corrected chi connectivity index (χ4v) is 4.88. The van der Waals surface area contributed by atoms with Crippen molar-refractivity contribution in [1.82, 2.24) is 0 Å². The van der Waals surface area contributed by atoms with Crippen LogP contribution >= 0.6 is 0 Å². The molecular weight excluding hydrogens is 406 g/mol.